The van der Waals surface area contributed by atoms with E-state index in [1.165, 1.54) is 44.5 Å². The quantitative estimate of drug-likeness (QED) is 0.606. The first-order valence-electron chi connectivity index (χ1n) is 6.18. The van der Waals surface area contributed by atoms with E-state index in [4.69, 9.17) is 0 Å². The fourth-order valence-corrected chi connectivity index (χ4v) is 1.83. The van der Waals surface area contributed by atoms with Crippen molar-refractivity contribution in [3.63, 3.8) is 0 Å². The minimum atomic E-state index is 1.17. The van der Waals surface area contributed by atoms with E-state index in [1.54, 1.807) is 0 Å². The zero-order valence-electron chi connectivity index (χ0n) is 10.1. The minimum Gasteiger partial charge on any atom is -0.372 e. The summed E-state index contributed by atoms with van der Waals surface area (Å²) in [6, 6.07) is 10.7. The fourth-order valence-electron chi connectivity index (χ4n) is 1.83. The lowest BCUT2D eigenvalue weighted by atomic mass is 10.2. The molecule has 0 aromatic heterocycles. The van der Waals surface area contributed by atoms with Crippen molar-refractivity contribution in [2.75, 3.05) is 18.0 Å². The van der Waals surface area contributed by atoms with E-state index in [0.717, 1.165) is 0 Å². The van der Waals surface area contributed by atoms with Crippen LogP contribution in [0.3, 0.4) is 0 Å². The number of rotatable bonds is 7. The van der Waals surface area contributed by atoms with Crippen molar-refractivity contribution < 1.29 is 0 Å². The molecule has 0 heterocycles. The molecule has 0 radical (unpaired) electrons. The van der Waals surface area contributed by atoms with Gasteiger partial charge in [0.2, 0.25) is 0 Å². The second-order valence-corrected chi connectivity index (χ2v) is 4.03. The molecule has 0 atom stereocenters. The SMILES string of the molecule is CCCCCN(CCC)c1ccccc1. The Hall–Kier alpha value is -0.980. The van der Waals surface area contributed by atoms with Crippen LogP contribution in [0, 0.1) is 0 Å². The van der Waals surface area contributed by atoms with Crippen LogP contribution in [0.2, 0.25) is 0 Å². The highest BCUT2D eigenvalue weighted by Crippen LogP contribution is 2.14. The molecule has 0 unspecified atom stereocenters. The van der Waals surface area contributed by atoms with Gasteiger partial charge in [0.05, 0.1) is 0 Å². The van der Waals surface area contributed by atoms with Crippen LogP contribution in [0.4, 0.5) is 5.69 Å². The molecule has 1 aromatic carbocycles. The predicted octanol–water partition coefficient (Wildman–Crippen LogP) is 4.09. The lowest BCUT2D eigenvalue weighted by Crippen LogP contribution is -2.25. The molecule has 0 bridgehead atoms. The van der Waals surface area contributed by atoms with Gasteiger partial charge in [-0.05, 0) is 25.0 Å². The van der Waals surface area contributed by atoms with Gasteiger partial charge in [0.25, 0.3) is 0 Å². The number of hydrogen-bond donors (Lipinski definition) is 0. The highest BCUT2D eigenvalue weighted by Gasteiger charge is 2.03. The standard InChI is InChI=1S/C14H23N/c1-3-5-9-13-15(12-4-2)14-10-7-6-8-11-14/h6-8,10-11H,3-5,9,12-13H2,1-2H3. The normalized spacial score (nSPS) is 10.3. The van der Waals surface area contributed by atoms with Crippen molar-refractivity contribution in [2.24, 2.45) is 0 Å². The van der Waals surface area contributed by atoms with E-state index in [9.17, 15) is 0 Å². The van der Waals surface area contributed by atoms with Crippen molar-refractivity contribution in [3.8, 4) is 0 Å². The Labute approximate surface area is 94.1 Å². The average Bonchev–Trinajstić information content (AvgIpc) is 2.29. The van der Waals surface area contributed by atoms with Crippen molar-refractivity contribution in [3.05, 3.63) is 30.3 Å². The second kappa shape index (κ2) is 7.33. The van der Waals surface area contributed by atoms with E-state index in [-0.39, 0.29) is 0 Å². The average molecular weight is 205 g/mol. The zero-order valence-corrected chi connectivity index (χ0v) is 10.1. The first-order valence-corrected chi connectivity index (χ1v) is 6.18. The van der Waals surface area contributed by atoms with Gasteiger partial charge in [0.15, 0.2) is 0 Å². The summed E-state index contributed by atoms with van der Waals surface area (Å²) >= 11 is 0. The molecule has 0 aliphatic heterocycles. The molecule has 0 aliphatic rings. The molecule has 84 valence electrons. The Balaban J connectivity index is 2.50. The Morgan fingerprint density at radius 3 is 2.20 bits per heavy atom. The van der Waals surface area contributed by atoms with Gasteiger partial charge in [-0.15, -0.1) is 0 Å². The lowest BCUT2D eigenvalue weighted by molar-refractivity contribution is 0.669. The van der Waals surface area contributed by atoms with E-state index < -0.39 is 0 Å². The van der Waals surface area contributed by atoms with Gasteiger partial charge >= 0.3 is 0 Å². The van der Waals surface area contributed by atoms with Crippen LogP contribution in [0.1, 0.15) is 39.5 Å². The van der Waals surface area contributed by atoms with Crippen LogP contribution in [-0.4, -0.2) is 13.1 Å². The molecule has 15 heavy (non-hydrogen) atoms. The topological polar surface area (TPSA) is 3.24 Å². The molecule has 0 amide bonds. The number of benzene rings is 1. The second-order valence-electron chi connectivity index (χ2n) is 4.03. The predicted molar refractivity (Wildman–Crippen MR) is 68.5 cm³/mol. The highest BCUT2D eigenvalue weighted by atomic mass is 15.1. The van der Waals surface area contributed by atoms with Crippen molar-refractivity contribution in [1.29, 1.82) is 0 Å². The summed E-state index contributed by atoms with van der Waals surface area (Å²) in [6.07, 6.45) is 5.17. The lowest BCUT2D eigenvalue weighted by Gasteiger charge is -2.24. The molecule has 1 aromatic rings. The summed E-state index contributed by atoms with van der Waals surface area (Å²) in [7, 11) is 0. The Morgan fingerprint density at radius 2 is 1.60 bits per heavy atom. The van der Waals surface area contributed by atoms with Gasteiger partial charge in [-0.25, -0.2) is 0 Å². The number of hydrogen-bond acceptors (Lipinski definition) is 1. The molecular formula is C14H23N. The molecule has 0 spiro atoms. The van der Waals surface area contributed by atoms with Gasteiger partial charge in [0, 0.05) is 18.8 Å². The molecule has 0 saturated heterocycles. The van der Waals surface area contributed by atoms with Crippen LogP contribution in [0.25, 0.3) is 0 Å². The van der Waals surface area contributed by atoms with Crippen molar-refractivity contribution in [1.82, 2.24) is 0 Å². The number of nitrogens with zero attached hydrogens (tertiary/aromatic N) is 1. The van der Waals surface area contributed by atoms with E-state index in [1.807, 2.05) is 0 Å². The van der Waals surface area contributed by atoms with E-state index >= 15 is 0 Å². The van der Waals surface area contributed by atoms with Gasteiger partial charge in [-0.1, -0.05) is 44.9 Å². The van der Waals surface area contributed by atoms with E-state index in [2.05, 4.69) is 49.1 Å². The van der Waals surface area contributed by atoms with Crippen molar-refractivity contribution in [2.45, 2.75) is 39.5 Å². The summed E-state index contributed by atoms with van der Waals surface area (Å²) < 4.78 is 0. The molecule has 0 saturated carbocycles. The van der Waals surface area contributed by atoms with Gasteiger partial charge in [0.1, 0.15) is 0 Å². The van der Waals surface area contributed by atoms with Gasteiger partial charge in [-0.3, -0.25) is 0 Å². The Morgan fingerprint density at radius 1 is 0.867 bits per heavy atom. The monoisotopic (exact) mass is 205 g/mol. The van der Waals surface area contributed by atoms with Crippen LogP contribution in [0.5, 0.6) is 0 Å². The maximum absolute atomic E-state index is 2.50. The molecule has 1 rings (SSSR count). The van der Waals surface area contributed by atoms with Gasteiger partial charge < -0.3 is 4.90 Å². The third-order valence-corrected chi connectivity index (χ3v) is 2.65. The van der Waals surface area contributed by atoms with Crippen LogP contribution >= 0.6 is 0 Å². The Kier molecular flexibility index (Phi) is 5.91. The number of para-hydroxylation sites is 1. The molecule has 0 fully saturated rings. The molecule has 1 nitrogen and oxygen atoms in total. The third kappa shape index (κ3) is 4.37. The molecular weight excluding hydrogens is 182 g/mol. The third-order valence-electron chi connectivity index (χ3n) is 2.65. The van der Waals surface area contributed by atoms with Gasteiger partial charge in [-0.2, -0.15) is 0 Å². The largest absolute Gasteiger partial charge is 0.372 e. The van der Waals surface area contributed by atoms with Crippen LogP contribution in [0.15, 0.2) is 30.3 Å². The molecule has 0 N–H and O–H groups in total. The van der Waals surface area contributed by atoms with E-state index in [0.29, 0.717) is 0 Å². The number of unbranched alkanes of at least 4 members (excludes halogenated alkanes) is 2. The smallest absolute Gasteiger partial charge is 0.0366 e. The zero-order chi connectivity index (χ0) is 10.9. The highest BCUT2D eigenvalue weighted by molar-refractivity contribution is 5.45. The summed E-state index contributed by atoms with van der Waals surface area (Å²) in [4.78, 5) is 2.50. The molecule has 1 heteroatoms. The summed E-state index contributed by atoms with van der Waals surface area (Å²) in [6.45, 7) is 6.88. The maximum Gasteiger partial charge on any atom is 0.0366 e. The maximum atomic E-state index is 2.50. The Bertz CT molecular complexity index is 243. The number of anilines is 1. The summed E-state index contributed by atoms with van der Waals surface area (Å²) in [5, 5.41) is 0. The van der Waals surface area contributed by atoms with Crippen LogP contribution in [-0.2, 0) is 0 Å². The summed E-state index contributed by atoms with van der Waals surface area (Å²) in [5.41, 5.74) is 1.37. The minimum absolute atomic E-state index is 1.17. The summed E-state index contributed by atoms with van der Waals surface area (Å²) in [5.74, 6) is 0. The fraction of sp³-hybridized carbons (Fsp3) is 0.571. The van der Waals surface area contributed by atoms with Crippen molar-refractivity contribution >= 4 is 5.69 Å². The van der Waals surface area contributed by atoms with Crippen LogP contribution < -0.4 is 4.90 Å². The first kappa shape index (κ1) is 12.1. The first-order chi connectivity index (χ1) is 7.38. The molecule has 0 aliphatic carbocycles.